The molecule has 0 unspecified atom stereocenters. The minimum absolute atomic E-state index is 0. The molecule has 0 spiro atoms. The molecule has 0 amide bonds. The lowest BCUT2D eigenvalue weighted by atomic mass is 10.1. The van der Waals surface area contributed by atoms with E-state index in [-0.39, 0.29) is 22.7 Å². The van der Waals surface area contributed by atoms with E-state index < -0.39 is 4.92 Å². The summed E-state index contributed by atoms with van der Waals surface area (Å²) in [7, 11) is 0. The Balaban J connectivity index is 0.00000192. The van der Waals surface area contributed by atoms with Gasteiger partial charge in [0.2, 0.25) is 0 Å². The van der Waals surface area contributed by atoms with Crippen LogP contribution in [0.2, 0.25) is 0 Å². The average molecular weight is 457 g/mol. The lowest BCUT2D eigenvalue weighted by Crippen LogP contribution is -1.89. The topological polar surface area (TPSA) is 68.1 Å². The standard InChI is InChI=1S/C15H10BrN3O2S.BrH/c16-11-3-5-12(6-4-11)17-15-18-14(9-22-15)10-1-7-13(8-2-10)19(20)21;/h1-9H,(H,17,18);1H. The Bertz CT molecular complexity index is 804. The van der Waals surface area contributed by atoms with E-state index in [1.165, 1.54) is 23.5 Å². The molecule has 0 aliphatic carbocycles. The number of hydrogen-bond donors (Lipinski definition) is 1. The summed E-state index contributed by atoms with van der Waals surface area (Å²) in [5, 5.41) is 16.6. The van der Waals surface area contributed by atoms with Crippen LogP contribution >= 0.6 is 44.2 Å². The predicted molar refractivity (Wildman–Crippen MR) is 102 cm³/mol. The minimum Gasteiger partial charge on any atom is -0.332 e. The lowest BCUT2D eigenvalue weighted by Gasteiger charge is -2.02. The molecule has 0 aliphatic heterocycles. The normalized spacial score (nSPS) is 9.96. The third-order valence-electron chi connectivity index (χ3n) is 2.97. The molecule has 0 aliphatic rings. The fourth-order valence-corrected chi connectivity index (χ4v) is 2.88. The zero-order valence-electron chi connectivity index (χ0n) is 11.6. The number of aromatic nitrogens is 1. The van der Waals surface area contributed by atoms with E-state index >= 15 is 0 Å². The predicted octanol–water partition coefficient (Wildman–Crippen LogP) is 5.80. The molecule has 0 saturated heterocycles. The smallest absolute Gasteiger partial charge is 0.269 e. The van der Waals surface area contributed by atoms with Gasteiger partial charge in [0.05, 0.1) is 10.6 Å². The van der Waals surface area contributed by atoms with Gasteiger partial charge < -0.3 is 5.32 Å². The van der Waals surface area contributed by atoms with Crippen LogP contribution in [0.5, 0.6) is 0 Å². The van der Waals surface area contributed by atoms with Crippen molar-refractivity contribution in [2.45, 2.75) is 0 Å². The van der Waals surface area contributed by atoms with Gasteiger partial charge in [-0.1, -0.05) is 15.9 Å². The first kappa shape index (κ1) is 17.6. The van der Waals surface area contributed by atoms with Crippen molar-refractivity contribution < 1.29 is 4.92 Å². The van der Waals surface area contributed by atoms with Crippen LogP contribution in [0.15, 0.2) is 58.4 Å². The van der Waals surface area contributed by atoms with E-state index in [1.54, 1.807) is 12.1 Å². The van der Waals surface area contributed by atoms with Crippen LogP contribution in [0, 0.1) is 10.1 Å². The van der Waals surface area contributed by atoms with Gasteiger partial charge in [0.25, 0.3) is 5.69 Å². The van der Waals surface area contributed by atoms with E-state index in [4.69, 9.17) is 0 Å². The summed E-state index contributed by atoms with van der Waals surface area (Å²) in [5.74, 6) is 0. The number of benzene rings is 2. The molecule has 8 heteroatoms. The van der Waals surface area contributed by atoms with Gasteiger partial charge >= 0.3 is 0 Å². The second-order valence-electron chi connectivity index (χ2n) is 4.47. The SMILES string of the molecule is Br.O=[N+]([O-])c1ccc(-c2csc(Nc3ccc(Br)cc3)n2)cc1. The van der Waals surface area contributed by atoms with Crippen molar-refractivity contribution in [1.82, 2.24) is 4.98 Å². The van der Waals surface area contributed by atoms with E-state index in [0.717, 1.165) is 26.5 Å². The minimum atomic E-state index is -0.411. The quantitative estimate of drug-likeness (QED) is 0.397. The lowest BCUT2D eigenvalue weighted by molar-refractivity contribution is -0.384. The molecule has 0 bridgehead atoms. The molecule has 1 heterocycles. The third kappa shape index (κ3) is 4.37. The molecular weight excluding hydrogens is 446 g/mol. The first-order valence-electron chi connectivity index (χ1n) is 6.35. The Labute approximate surface area is 155 Å². The average Bonchev–Trinajstić information content (AvgIpc) is 2.98. The van der Waals surface area contributed by atoms with E-state index in [0.29, 0.717) is 0 Å². The molecule has 118 valence electrons. The van der Waals surface area contributed by atoms with E-state index in [9.17, 15) is 10.1 Å². The van der Waals surface area contributed by atoms with Crippen LogP contribution in [0.3, 0.4) is 0 Å². The van der Waals surface area contributed by atoms with Gasteiger partial charge in [-0.05, 0) is 36.4 Å². The first-order valence-corrected chi connectivity index (χ1v) is 8.02. The molecule has 0 saturated carbocycles. The third-order valence-corrected chi connectivity index (χ3v) is 4.26. The van der Waals surface area contributed by atoms with Crippen LogP contribution in [0.25, 0.3) is 11.3 Å². The second kappa shape index (κ2) is 7.67. The number of thiazole rings is 1. The molecule has 0 atom stereocenters. The molecule has 1 aromatic heterocycles. The highest BCUT2D eigenvalue weighted by Crippen LogP contribution is 2.28. The maximum Gasteiger partial charge on any atom is 0.269 e. The number of nitrogens with one attached hydrogen (secondary N) is 1. The Hall–Kier alpha value is -1.77. The Kier molecular flexibility index (Phi) is 5.86. The fourth-order valence-electron chi connectivity index (χ4n) is 1.87. The molecule has 3 aromatic rings. The number of rotatable bonds is 4. The zero-order chi connectivity index (χ0) is 15.5. The Morgan fingerprint density at radius 3 is 2.35 bits per heavy atom. The Morgan fingerprint density at radius 1 is 1.09 bits per heavy atom. The van der Waals surface area contributed by atoms with Crippen LogP contribution in [-0.2, 0) is 0 Å². The molecule has 2 aromatic carbocycles. The molecule has 1 N–H and O–H groups in total. The van der Waals surface area contributed by atoms with Crippen LogP contribution < -0.4 is 5.32 Å². The van der Waals surface area contributed by atoms with Crippen LogP contribution in [-0.4, -0.2) is 9.91 Å². The molecule has 3 rings (SSSR count). The maximum atomic E-state index is 10.7. The summed E-state index contributed by atoms with van der Waals surface area (Å²) in [4.78, 5) is 14.7. The molecule has 0 radical (unpaired) electrons. The number of non-ortho nitro benzene ring substituents is 1. The van der Waals surface area contributed by atoms with Crippen molar-refractivity contribution in [2.75, 3.05) is 5.32 Å². The van der Waals surface area contributed by atoms with Crippen molar-refractivity contribution >= 4 is 60.8 Å². The highest BCUT2D eigenvalue weighted by Gasteiger charge is 2.08. The van der Waals surface area contributed by atoms with Gasteiger partial charge in [0.1, 0.15) is 0 Å². The summed E-state index contributed by atoms with van der Waals surface area (Å²) >= 11 is 4.88. The zero-order valence-corrected chi connectivity index (χ0v) is 15.7. The summed E-state index contributed by atoms with van der Waals surface area (Å²) < 4.78 is 1.02. The van der Waals surface area contributed by atoms with Crippen molar-refractivity contribution in [1.29, 1.82) is 0 Å². The monoisotopic (exact) mass is 455 g/mol. The van der Waals surface area contributed by atoms with Crippen molar-refractivity contribution in [2.24, 2.45) is 0 Å². The van der Waals surface area contributed by atoms with Gasteiger partial charge in [-0.25, -0.2) is 4.98 Å². The van der Waals surface area contributed by atoms with Gasteiger partial charge in [-0.15, -0.1) is 28.3 Å². The fraction of sp³-hybridized carbons (Fsp3) is 0. The molecule has 23 heavy (non-hydrogen) atoms. The number of nitrogens with zero attached hydrogens (tertiary/aromatic N) is 2. The van der Waals surface area contributed by atoms with Crippen molar-refractivity contribution in [3.8, 4) is 11.3 Å². The summed E-state index contributed by atoms with van der Waals surface area (Å²) in [6.07, 6.45) is 0. The van der Waals surface area contributed by atoms with Crippen LogP contribution in [0.1, 0.15) is 0 Å². The first-order chi connectivity index (χ1) is 10.6. The van der Waals surface area contributed by atoms with Crippen LogP contribution in [0.4, 0.5) is 16.5 Å². The largest absolute Gasteiger partial charge is 0.332 e. The highest BCUT2D eigenvalue weighted by molar-refractivity contribution is 9.10. The van der Waals surface area contributed by atoms with Gasteiger partial charge in [-0.3, -0.25) is 10.1 Å². The second-order valence-corrected chi connectivity index (χ2v) is 6.25. The molecular formula is C15H11Br2N3O2S. The Morgan fingerprint density at radius 2 is 1.74 bits per heavy atom. The van der Waals surface area contributed by atoms with Crippen molar-refractivity contribution in [3.63, 3.8) is 0 Å². The number of hydrogen-bond acceptors (Lipinski definition) is 5. The van der Waals surface area contributed by atoms with E-state index in [2.05, 4.69) is 26.2 Å². The number of nitro benzene ring substituents is 1. The van der Waals surface area contributed by atoms with Gasteiger partial charge in [-0.2, -0.15) is 0 Å². The van der Waals surface area contributed by atoms with Crippen molar-refractivity contribution in [3.05, 3.63) is 68.5 Å². The molecule has 0 fully saturated rings. The maximum absolute atomic E-state index is 10.7. The summed E-state index contributed by atoms with van der Waals surface area (Å²) in [6.45, 7) is 0. The summed E-state index contributed by atoms with van der Waals surface area (Å²) in [5.41, 5.74) is 2.67. The number of nitro groups is 1. The number of halogens is 2. The van der Waals surface area contributed by atoms with Gasteiger partial charge in [0.15, 0.2) is 5.13 Å². The molecule has 5 nitrogen and oxygen atoms in total. The number of anilines is 2. The highest BCUT2D eigenvalue weighted by atomic mass is 79.9. The summed E-state index contributed by atoms with van der Waals surface area (Å²) in [6, 6.07) is 14.2. The van der Waals surface area contributed by atoms with Gasteiger partial charge in [0, 0.05) is 33.2 Å². The van der Waals surface area contributed by atoms with E-state index in [1.807, 2.05) is 29.6 Å².